The Morgan fingerprint density at radius 3 is 1.89 bits per heavy atom. The number of nitrogens with zero attached hydrogens (tertiary/aromatic N) is 1. The number of carboxylic acid groups (broad SMARTS) is 1. The fourth-order valence-electron chi connectivity index (χ4n) is 3.74. The molecule has 1 atom stereocenters. The van der Waals surface area contributed by atoms with Crippen molar-refractivity contribution in [3.8, 4) is 0 Å². The lowest BCUT2D eigenvalue weighted by atomic mass is 10.1. The minimum Gasteiger partial charge on any atom is -0.478 e. The zero-order valence-corrected chi connectivity index (χ0v) is 15.5. The van der Waals surface area contributed by atoms with E-state index in [0.717, 1.165) is 19.3 Å². The molecule has 1 aliphatic rings. The van der Waals surface area contributed by atoms with E-state index in [2.05, 4.69) is 50.4 Å². The number of carbonyl (C=O) groups is 1. The molecule has 110 valence electrons. The zero-order chi connectivity index (χ0) is 15.0. The van der Waals surface area contributed by atoms with Gasteiger partial charge in [0.25, 0.3) is 0 Å². The van der Waals surface area contributed by atoms with E-state index < -0.39 is 22.4 Å². The van der Waals surface area contributed by atoms with Crippen LogP contribution in [-0.2, 0) is 4.79 Å². The fraction of sp³-hybridized carbons (Fsp3) is 0.786. The maximum absolute atomic E-state index is 11.4. The van der Waals surface area contributed by atoms with Gasteiger partial charge in [-0.15, -0.1) is 0 Å². The van der Waals surface area contributed by atoms with Crippen molar-refractivity contribution in [3.05, 3.63) is 11.1 Å². The first-order valence-corrected chi connectivity index (χ1v) is 14.1. The van der Waals surface area contributed by atoms with Gasteiger partial charge in [-0.3, -0.25) is 0 Å². The number of aliphatic carboxylic acids is 1. The molecule has 0 fully saturated rings. The number of hydrogen-bond donors (Lipinski definition) is 1. The van der Waals surface area contributed by atoms with Gasteiger partial charge < -0.3 is 9.34 Å². The predicted octanol–water partition coefficient (Wildman–Crippen LogP) is 3.91. The summed E-state index contributed by atoms with van der Waals surface area (Å²) in [6.07, 6.45) is 2.59. The van der Waals surface area contributed by atoms with Crippen molar-refractivity contribution >= 4 is 22.4 Å². The molecule has 0 aliphatic heterocycles. The summed E-state index contributed by atoms with van der Waals surface area (Å²) in [5, 5.41) is 9.37. The van der Waals surface area contributed by atoms with E-state index in [0.29, 0.717) is 11.6 Å². The van der Waals surface area contributed by atoms with Gasteiger partial charge in [0, 0.05) is 11.6 Å². The zero-order valence-electron chi connectivity index (χ0n) is 13.5. The number of hydrogen-bond acceptors (Lipinski definition) is 2. The molecular weight excluding hydrogens is 270 g/mol. The van der Waals surface area contributed by atoms with Crippen LogP contribution in [0.1, 0.15) is 26.2 Å². The molecule has 3 nitrogen and oxygen atoms in total. The Bertz CT molecular complexity index is 377. The van der Waals surface area contributed by atoms with Crippen LogP contribution in [0.4, 0.5) is 0 Å². The fourth-order valence-corrected chi connectivity index (χ4v) is 14.3. The Balaban J connectivity index is 3.03. The third-order valence-electron chi connectivity index (χ3n) is 3.84. The first-order valence-electron chi connectivity index (χ1n) is 7.22. The first kappa shape index (κ1) is 16.7. The normalized spacial score (nSPS) is 21.4. The highest BCUT2D eigenvalue weighted by molar-refractivity contribution is 6.89. The Kier molecular flexibility index (Phi) is 4.85. The van der Waals surface area contributed by atoms with Crippen LogP contribution in [0, 0.1) is 0 Å². The molecule has 0 aromatic carbocycles. The van der Waals surface area contributed by atoms with E-state index in [1.807, 2.05) is 0 Å². The van der Waals surface area contributed by atoms with Crippen molar-refractivity contribution in [3.63, 3.8) is 0 Å². The molecule has 1 aliphatic carbocycles. The molecule has 19 heavy (non-hydrogen) atoms. The van der Waals surface area contributed by atoms with Gasteiger partial charge >= 0.3 is 5.97 Å². The lowest BCUT2D eigenvalue weighted by Gasteiger charge is -2.48. The summed E-state index contributed by atoms with van der Waals surface area (Å²) in [5.74, 6) is -0.703. The van der Waals surface area contributed by atoms with Crippen LogP contribution in [0.15, 0.2) is 11.1 Å². The Labute approximate surface area is 119 Å². The van der Waals surface area contributed by atoms with E-state index >= 15 is 0 Å². The summed E-state index contributed by atoms with van der Waals surface area (Å²) in [4.78, 5) is 11.4. The van der Waals surface area contributed by atoms with Crippen molar-refractivity contribution in [1.82, 2.24) is 4.23 Å². The van der Waals surface area contributed by atoms with E-state index in [9.17, 15) is 9.90 Å². The maximum Gasteiger partial charge on any atom is 0.331 e. The number of carboxylic acids is 1. The predicted molar refractivity (Wildman–Crippen MR) is 86.5 cm³/mol. The van der Waals surface area contributed by atoms with Crippen LogP contribution in [0.5, 0.6) is 0 Å². The van der Waals surface area contributed by atoms with Gasteiger partial charge in [0.2, 0.25) is 0 Å². The summed E-state index contributed by atoms with van der Waals surface area (Å²) >= 11 is 0. The quantitative estimate of drug-likeness (QED) is 0.782. The molecule has 0 aromatic heterocycles. The van der Waals surface area contributed by atoms with Gasteiger partial charge in [-0.25, -0.2) is 4.79 Å². The van der Waals surface area contributed by atoms with E-state index in [4.69, 9.17) is 0 Å². The van der Waals surface area contributed by atoms with Crippen molar-refractivity contribution < 1.29 is 9.90 Å². The summed E-state index contributed by atoms with van der Waals surface area (Å²) < 4.78 is 2.76. The Morgan fingerprint density at radius 2 is 1.63 bits per heavy atom. The van der Waals surface area contributed by atoms with Gasteiger partial charge in [-0.1, -0.05) is 51.8 Å². The second kappa shape index (κ2) is 5.54. The third-order valence-corrected chi connectivity index (χ3v) is 11.5. The summed E-state index contributed by atoms with van der Waals surface area (Å²) in [5.41, 5.74) is 1.85. The van der Waals surface area contributed by atoms with E-state index in [-0.39, 0.29) is 0 Å². The van der Waals surface area contributed by atoms with Crippen LogP contribution in [-0.4, -0.2) is 37.8 Å². The van der Waals surface area contributed by atoms with Crippen LogP contribution < -0.4 is 0 Å². The van der Waals surface area contributed by atoms with E-state index in [1.54, 1.807) is 0 Å². The third kappa shape index (κ3) is 3.80. The van der Waals surface area contributed by atoms with Crippen molar-refractivity contribution in [2.24, 2.45) is 0 Å². The topological polar surface area (TPSA) is 40.5 Å². The molecule has 0 saturated heterocycles. The molecule has 0 bridgehead atoms. The average Bonchev–Trinajstić information content (AvgIpc) is 2.56. The molecule has 1 unspecified atom stereocenters. The molecule has 0 spiro atoms. The second-order valence-corrected chi connectivity index (χ2v) is 17.6. The van der Waals surface area contributed by atoms with E-state index in [1.165, 1.54) is 5.57 Å². The van der Waals surface area contributed by atoms with Crippen LogP contribution in [0.2, 0.25) is 39.3 Å². The highest BCUT2D eigenvalue weighted by atomic mass is 28.4. The minimum atomic E-state index is -1.42. The second-order valence-electron chi connectivity index (χ2n) is 7.51. The monoisotopic (exact) mass is 299 g/mol. The molecule has 0 aromatic rings. The highest BCUT2D eigenvalue weighted by Gasteiger charge is 2.42. The summed E-state index contributed by atoms with van der Waals surface area (Å²) in [7, 11) is -2.84. The molecule has 0 radical (unpaired) electrons. The van der Waals surface area contributed by atoms with Gasteiger partial charge in [-0.05, 0) is 19.3 Å². The van der Waals surface area contributed by atoms with Crippen LogP contribution >= 0.6 is 0 Å². The van der Waals surface area contributed by atoms with Crippen molar-refractivity contribution in [2.45, 2.75) is 71.5 Å². The van der Waals surface area contributed by atoms with Crippen molar-refractivity contribution in [2.75, 3.05) is 0 Å². The molecule has 5 heteroatoms. The van der Waals surface area contributed by atoms with Gasteiger partial charge in [0.1, 0.15) is 16.5 Å². The average molecular weight is 300 g/mol. The Morgan fingerprint density at radius 1 is 1.16 bits per heavy atom. The highest BCUT2D eigenvalue weighted by Crippen LogP contribution is 2.37. The smallest absolute Gasteiger partial charge is 0.331 e. The largest absolute Gasteiger partial charge is 0.478 e. The van der Waals surface area contributed by atoms with Gasteiger partial charge in [0.15, 0.2) is 0 Å². The van der Waals surface area contributed by atoms with Gasteiger partial charge in [0.05, 0.1) is 0 Å². The lowest BCUT2D eigenvalue weighted by Crippen LogP contribution is -2.62. The van der Waals surface area contributed by atoms with Crippen LogP contribution in [0.25, 0.3) is 0 Å². The maximum atomic E-state index is 11.4. The lowest BCUT2D eigenvalue weighted by molar-refractivity contribution is -0.132. The molecule has 1 N–H and O–H groups in total. The number of rotatable bonds is 5. The van der Waals surface area contributed by atoms with Crippen molar-refractivity contribution in [1.29, 1.82) is 0 Å². The van der Waals surface area contributed by atoms with Crippen LogP contribution in [0.3, 0.4) is 0 Å². The first-order chi connectivity index (χ1) is 8.48. The SMILES string of the molecule is CCC1=C(C(=O)O)CC(N([Si](C)(C)C)[Si](C)(C)C)C1. The molecular formula is C14H29NO2Si2. The Hall–Kier alpha value is -0.396. The minimum absolute atomic E-state index is 0.430. The molecule has 0 saturated carbocycles. The molecule has 0 heterocycles. The summed E-state index contributed by atoms with van der Waals surface area (Å²) in [6.45, 7) is 16.4. The molecule has 0 amide bonds. The van der Waals surface area contributed by atoms with Gasteiger partial charge in [-0.2, -0.15) is 0 Å². The standard InChI is InChI=1S/C14H29NO2Si2/c1-8-11-9-12(10-13(11)14(16)17)15(18(2,3)4)19(5,6)7/h12H,8-10H2,1-7H3,(H,16,17). The summed E-state index contributed by atoms with van der Waals surface area (Å²) in [6, 6.07) is 0.430. The molecule has 1 rings (SSSR count).